The molecular weight excluding hydrogens is 368 g/mol. The van der Waals surface area contributed by atoms with E-state index in [1.807, 2.05) is 81.4 Å². The highest BCUT2D eigenvalue weighted by molar-refractivity contribution is 8.00. The van der Waals surface area contributed by atoms with Gasteiger partial charge in [0.05, 0.1) is 5.75 Å². The van der Waals surface area contributed by atoms with Gasteiger partial charge in [-0.25, -0.2) is 0 Å². The summed E-state index contributed by atoms with van der Waals surface area (Å²) < 4.78 is 0. The lowest BCUT2D eigenvalue weighted by Crippen LogP contribution is -2.51. The van der Waals surface area contributed by atoms with Gasteiger partial charge in [-0.05, 0) is 37.5 Å². The van der Waals surface area contributed by atoms with Gasteiger partial charge in [-0.3, -0.25) is 9.59 Å². The number of amides is 2. The highest BCUT2D eigenvalue weighted by Gasteiger charge is 2.29. The van der Waals surface area contributed by atoms with E-state index in [0.29, 0.717) is 18.7 Å². The molecule has 0 saturated carbocycles. The van der Waals surface area contributed by atoms with Gasteiger partial charge in [0.2, 0.25) is 11.8 Å². The molecule has 0 aliphatic heterocycles. The zero-order chi connectivity index (χ0) is 20.4. The van der Waals surface area contributed by atoms with Crippen LogP contribution in [0.15, 0.2) is 65.6 Å². The molecule has 0 saturated heterocycles. The van der Waals surface area contributed by atoms with Crippen LogP contribution in [0.4, 0.5) is 0 Å². The van der Waals surface area contributed by atoms with Crippen molar-refractivity contribution in [2.75, 3.05) is 5.75 Å². The number of nitrogens with one attached hydrogen (secondary N) is 1. The Morgan fingerprint density at radius 1 is 0.964 bits per heavy atom. The van der Waals surface area contributed by atoms with Gasteiger partial charge in [0.15, 0.2) is 0 Å². The largest absolute Gasteiger partial charge is 0.352 e. The molecule has 2 aromatic carbocycles. The fraction of sp³-hybridized carbons (Fsp3) is 0.391. The number of carbonyl (C=O) groups is 2. The normalized spacial score (nSPS) is 12.8. The van der Waals surface area contributed by atoms with Crippen molar-refractivity contribution in [1.29, 1.82) is 0 Å². The van der Waals surface area contributed by atoms with E-state index in [1.54, 1.807) is 4.90 Å². The predicted octanol–water partition coefficient (Wildman–Crippen LogP) is 4.50. The third-order valence-electron chi connectivity index (χ3n) is 4.69. The minimum absolute atomic E-state index is 0.0242. The summed E-state index contributed by atoms with van der Waals surface area (Å²) in [5, 5.41) is 3.04. The zero-order valence-electron chi connectivity index (χ0n) is 16.9. The van der Waals surface area contributed by atoms with Gasteiger partial charge in [0.1, 0.15) is 6.04 Å². The quantitative estimate of drug-likeness (QED) is 0.600. The van der Waals surface area contributed by atoms with Gasteiger partial charge in [-0.1, -0.05) is 62.4 Å². The first-order valence-corrected chi connectivity index (χ1v) is 10.8. The fourth-order valence-electron chi connectivity index (χ4n) is 2.89. The van der Waals surface area contributed by atoms with Crippen molar-refractivity contribution in [3.05, 3.63) is 66.2 Å². The van der Waals surface area contributed by atoms with Crippen molar-refractivity contribution in [3.8, 4) is 0 Å². The second-order valence-electron chi connectivity index (χ2n) is 6.85. The van der Waals surface area contributed by atoms with Crippen molar-refractivity contribution in [2.45, 2.75) is 57.1 Å². The highest BCUT2D eigenvalue weighted by Crippen LogP contribution is 2.20. The molecule has 0 unspecified atom stereocenters. The molecule has 0 heterocycles. The summed E-state index contributed by atoms with van der Waals surface area (Å²) in [5.41, 5.74) is 1.02. The number of carbonyl (C=O) groups excluding carboxylic acids is 2. The molecule has 1 N–H and O–H groups in total. The van der Waals surface area contributed by atoms with Crippen molar-refractivity contribution in [3.63, 3.8) is 0 Å². The van der Waals surface area contributed by atoms with Gasteiger partial charge >= 0.3 is 0 Å². The van der Waals surface area contributed by atoms with Gasteiger partial charge in [0.25, 0.3) is 0 Å². The van der Waals surface area contributed by atoms with E-state index in [0.717, 1.165) is 16.9 Å². The highest BCUT2D eigenvalue weighted by atomic mass is 32.2. The molecule has 0 aliphatic carbocycles. The Balaban J connectivity index is 2.16. The molecule has 28 heavy (non-hydrogen) atoms. The Labute approximate surface area is 172 Å². The van der Waals surface area contributed by atoms with Gasteiger partial charge < -0.3 is 10.2 Å². The van der Waals surface area contributed by atoms with Crippen LogP contribution < -0.4 is 5.32 Å². The maximum Gasteiger partial charge on any atom is 0.243 e. The van der Waals surface area contributed by atoms with Crippen LogP contribution in [0.3, 0.4) is 0 Å². The van der Waals surface area contributed by atoms with Crippen molar-refractivity contribution in [1.82, 2.24) is 10.2 Å². The van der Waals surface area contributed by atoms with Crippen LogP contribution in [0, 0.1) is 0 Å². The summed E-state index contributed by atoms with van der Waals surface area (Å²) in [7, 11) is 0. The number of hydrogen-bond acceptors (Lipinski definition) is 3. The van der Waals surface area contributed by atoms with E-state index in [2.05, 4.69) is 5.32 Å². The average Bonchev–Trinajstić information content (AvgIpc) is 2.73. The maximum atomic E-state index is 13.1. The number of benzene rings is 2. The molecular formula is C23H30N2O2S. The van der Waals surface area contributed by atoms with Crippen LogP contribution in [-0.2, 0) is 16.1 Å². The monoisotopic (exact) mass is 398 g/mol. The summed E-state index contributed by atoms with van der Waals surface area (Å²) in [6.45, 7) is 6.41. The molecule has 2 atom stereocenters. The van der Waals surface area contributed by atoms with Crippen LogP contribution in [-0.4, -0.2) is 34.6 Å². The summed E-state index contributed by atoms with van der Waals surface area (Å²) >= 11 is 1.50. The van der Waals surface area contributed by atoms with Crippen LogP contribution in [0.2, 0.25) is 0 Å². The van der Waals surface area contributed by atoms with Crippen LogP contribution in [0.25, 0.3) is 0 Å². The molecule has 5 heteroatoms. The third-order valence-corrected chi connectivity index (χ3v) is 5.68. The van der Waals surface area contributed by atoms with Crippen LogP contribution in [0.5, 0.6) is 0 Å². The molecule has 0 bridgehead atoms. The molecule has 0 aromatic heterocycles. The molecule has 0 fully saturated rings. The topological polar surface area (TPSA) is 49.4 Å². The van der Waals surface area contributed by atoms with E-state index in [9.17, 15) is 9.59 Å². The minimum atomic E-state index is -0.474. The summed E-state index contributed by atoms with van der Waals surface area (Å²) in [6.07, 6.45) is 1.44. The molecule has 0 spiro atoms. The van der Waals surface area contributed by atoms with Gasteiger partial charge in [-0.2, -0.15) is 0 Å². The van der Waals surface area contributed by atoms with Gasteiger partial charge in [-0.15, -0.1) is 11.8 Å². The number of rotatable bonds is 10. The second kappa shape index (κ2) is 11.5. The Morgan fingerprint density at radius 3 is 2.14 bits per heavy atom. The summed E-state index contributed by atoms with van der Waals surface area (Å²) in [4.78, 5) is 28.7. The lowest BCUT2D eigenvalue weighted by molar-refractivity contribution is -0.139. The Kier molecular flexibility index (Phi) is 9.08. The molecule has 0 aliphatic rings. The standard InChI is InChI=1S/C23H30N2O2S/c1-4-18(3)24-23(27)21(5-2)25(16-19-12-8-6-9-13-19)22(26)17-28-20-14-10-7-11-15-20/h6-15,18,21H,4-5,16-17H2,1-3H3,(H,24,27)/t18-,21+/m1/s1. The van der Waals surface area contributed by atoms with Crippen molar-refractivity contribution in [2.24, 2.45) is 0 Å². The number of nitrogens with zero attached hydrogens (tertiary/aromatic N) is 1. The van der Waals surface area contributed by atoms with Crippen LogP contribution in [0.1, 0.15) is 39.2 Å². The third kappa shape index (κ3) is 6.71. The summed E-state index contributed by atoms with van der Waals surface area (Å²) in [6, 6.07) is 19.3. The first kappa shape index (κ1) is 22.0. The minimum Gasteiger partial charge on any atom is -0.352 e. The number of hydrogen-bond donors (Lipinski definition) is 1. The molecule has 2 aromatic rings. The first-order chi connectivity index (χ1) is 13.5. The van der Waals surface area contributed by atoms with E-state index >= 15 is 0 Å². The first-order valence-electron chi connectivity index (χ1n) is 9.86. The molecule has 4 nitrogen and oxygen atoms in total. The zero-order valence-corrected chi connectivity index (χ0v) is 17.7. The average molecular weight is 399 g/mol. The molecule has 0 radical (unpaired) electrons. The molecule has 2 rings (SSSR count). The Bertz CT molecular complexity index is 737. The molecule has 2 amide bonds. The van der Waals surface area contributed by atoms with Gasteiger partial charge in [0, 0.05) is 17.5 Å². The second-order valence-corrected chi connectivity index (χ2v) is 7.90. The van der Waals surface area contributed by atoms with E-state index in [1.165, 1.54) is 11.8 Å². The lowest BCUT2D eigenvalue weighted by atomic mass is 10.1. The van der Waals surface area contributed by atoms with E-state index in [-0.39, 0.29) is 17.9 Å². The summed E-state index contributed by atoms with van der Waals surface area (Å²) in [5.74, 6) is 0.207. The molecule has 150 valence electrons. The number of thioether (sulfide) groups is 1. The fourth-order valence-corrected chi connectivity index (χ4v) is 3.69. The Hall–Kier alpha value is -2.27. The van der Waals surface area contributed by atoms with E-state index in [4.69, 9.17) is 0 Å². The Morgan fingerprint density at radius 2 is 1.57 bits per heavy atom. The van der Waals surface area contributed by atoms with Crippen molar-refractivity contribution >= 4 is 23.6 Å². The van der Waals surface area contributed by atoms with Crippen molar-refractivity contribution < 1.29 is 9.59 Å². The smallest absolute Gasteiger partial charge is 0.243 e. The SMILES string of the molecule is CC[C@@H](C)NC(=O)[C@H](CC)N(Cc1ccccc1)C(=O)CSc1ccccc1. The maximum absolute atomic E-state index is 13.1. The van der Waals surface area contributed by atoms with Crippen LogP contribution >= 0.6 is 11.8 Å². The van der Waals surface area contributed by atoms with E-state index < -0.39 is 6.04 Å². The lowest BCUT2D eigenvalue weighted by Gasteiger charge is -2.31. The predicted molar refractivity (Wildman–Crippen MR) is 116 cm³/mol.